The monoisotopic (exact) mass is 303 g/mol. The molecule has 1 aliphatic heterocycles. The first-order chi connectivity index (χ1) is 10.2. The van der Waals surface area contributed by atoms with Gasteiger partial charge in [0.05, 0.1) is 6.04 Å². The molecule has 1 aromatic carbocycles. The van der Waals surface area contributed by atoms with Gasteiger partial charge in [0.25, 0.3) is 0 Å². The van der Waals surface area contributed by atoms with Gasteiger partial charge in [-0.3, -0.25) is 0 Å². The molecule has 3 rings (SSSR count). The van der Waals surface area contributed by atoms with Crippen molar-refractivity contribution in [3.8, 4) is 0 Å². The van der Waals surface area contributed by atoms with Gasteiger partial charge < -0.3 is 15.1 Å². The molecule has 114 valence electrons. The number of rotatable bonds is 3. The van der Waals surface area contributed by atoms with Crippen molar-refractivity contribution in [3.63, 3.8) is 0 Å². The quantitative estimate of drug-likeness (QED) is 0.940. The average Bonchev–Trinajstić information content (AvgIpc) is 2.89. The molecule has 2 unspecified atom stereocenters. The van der Waals surface area contributed by atoms with E-state index in [-0.39, 0.29) is 0 Å². The second-order valence-corrected chi connectivity index (χ2v) is 7.03. The molecule has 2 aromatic rings. The minimum absolute atomic E-state index is 0.373. The molecule has 1 fully saturated rings. The first kappa shape index (κ1) is 15.0. The number of thiophene rings is 1. The molecule has 21 heavy (non-hydrogen) atoms. The van der Waals surface area contributed by atoms with E-state index in [0.29, 0.717) is 12.1 Å². The number of hydrogen-bond donors (Lipinski definition) is 1. The van der Waals surface area contributed by atoms with E-state index in [1.165, 1.54) is 35.2 Å². The molecule has 0 radical (unpaired) electrons. The van der Waals surface area contributed by atoms with Crippen LogP contribution >= 0.6 is 11.3 Å². The van der Waals surface area contributed by atoms with Crippen molar-refractivity contribution in [3.05, 3.63) is 35.2 Å². The van der Waals surface area contributed by atoms with Crippen molar-refractivity contribution < 1.29 is 0 Å². The molecule has 2 heterocycles. The third kappa shape index (κ3) is 2.99. The summed E-state index contributed by atoms with van der Waals surface area (Å²) in [6, 6.07) is 9.80. The van der Waals surface area contributed by atoms with E-state index in [2.05, 4.69) is 65.9 Å². The van der Waals surface area contributed by atoms with Crippen LogP contribution in [0.1, 0.15) is 18.0 Å². The molecule has 0 aliphatic carbocycles. The maximum Gasteiger partial charge on any atom is 0.0502 e. The molecule has 1 aliphatic rings. The lowest BCUT2D eigenvalue weighted by Gasteiger charge is -2.35. The zero-order valence-corrected chi connectivity index (χ0v) is 14.0. The zero-order valence-electron chi connectivity index (χ0n) is 13.2. The highest BCUT2D eigenvalue weighted by atomic mass is 32.1. The van der Waals surface area contributed by atoms with E-state index in [9.17, 15) is 0 Å². The van der Waals surface area contributed by atoms with Gasteiger partial charge >= 0.3 is 0 Å². The molecule has 0 bridgehead atoms. The summed E-state index contributed by atoms with van der Waals surface area (Å²) in [7, 11) is 6.60. The van der Waals surface area contributed by atoms with Gasteiger partial charge in [0, 0.05) is 17.3 Å². The second kappa shape index (κ2) is 6.44. The number of nitrogens with one attached hydrogen (secondary N) is 1. The lowest BCUT2D eigenvalue weighted by molar-refractivity contribution is 0.183. The van der Waals surface area contributed by atoms with Crippen LogP contribution in [0.4, 0.5) is 0 Å². The molecule has 1 aromatic heterocycles. The summed E-state index contributed by atoms with van der Waals surface area (Å²) in [6.45, 7) is 3.48. The smallest absolute Gasteiger partial charge is 0.0502 e. The average molecular weight is 303 g/mol. The van der Waals surface area contributed by atoms with Crippen LogP contribution in [0.5, 0.6) is 0 Å². The predicted molar refractivity (Wildman–Crippen MR) is 92.2 cm³/mol. The fourth-order valence-electron chi connectivity index (χ4n) is 3.48. The van der Waals surface area contributed by atoms with Gasteiger partial charge in [0.2, 0.25) is 0 Å². The van der Waals surface area contributed by atoms with Crippen LogP contribution in [0.2, 0.25) is 0 Å². The van der Waals surface area contributed by atoms with Gasteiger partial charge in [-0.05, 0) is 63.0 Å². The molecular weight excluding hydrogens is 278 g/mol. The van der Waals surface area contributed by atoms with Crippen LogP contribution in [-0.2, 0) is 0 Å². The first-order valence-corrected chi connectivity index (χ1v) is 8.61. The largest absolute Gasteiger partial charge is 0.312 e. The Morgan fingerprint density at radius 2 is 2.10 bits per heavy atom. The fourth-order valence-corrected chi connectivity index (χ4v) is 4.44. The fraction of sp³-hybridized carbons (Fsp3) is 0.529. The van der Waals surface area contributed by atoms with E-state index in [0.717, 1.165) is 6.54 Å². The van der Waals surface area contributed by atoms with Crippen LogP contribution in [0.15, 0.2) is 29.6 Å². The molecule has 0 amide bonds. The van der Waals surface area contributed by atoms with Crippen molar-refractivity contribution in [2.75, 3.05) is 40.8 Å². The Morgan fingerprint density at radius 3 is 2.90 bits per heavy atom. The number of nitrogens with zero attached hydrogens (tertiary/aromatic N) is 2. The normalized spacial score (nSPS) is 23.3. The van der Waals surface area contributed by atoms with E-state index in [4.69, 9.17) is 0 Å². The van der Waals surface area contributed by atoms with Crippen LogP contribution in [0.25, 0.3) is 10.1 Å². The van der Waals surface area contributed by atoms with Crippen LogP contribution in [0.3, 0.4) is 0 Å². The summed E-state index contributed by atoms with van der Waals surface area (Å²) in [5.74, 6) is 0. The summed E-state index contributed by atoms with van der Waals surface area (Å²) >= 11 is 1.86. The zero-order chi connectivity index (χ0) is 14.8. The second-order valence-electron chi connectivity index (χ2n) is 6.12. The molecule has 3 nitrogen and oxygen atoms in total. The highest BCUT2D eigenvalue weighted by molar-refractivity contribution is 7.17. The van der Waals surface area contributed by atoms with Crippen molar-refractivity contribution in [2.24, 2.45) is 0 Å². The Balaban J connectivity index is 1.98. The lowest BCUT2D eigenvalue weighted by Crippen LogP contribution is -2.46. The minimum Gasteiger partial charge on any atom is -0.312 e. The van der Waals surface area contributed by atoms with Crippen LogP contribution < -0.4 is 5.32 Å². The highest BCUT2D eigenvalue weighted by Crippen LogP contribution is 2.32. The predicted octanol–water partition coefficient (Wildman–Crippen LogP) is 2.80. The van der Waals surface area contributed by atoms with Crippen LogP contribution in [-0.4, -0.2) is 56.6 Å². The van der Waals surface area contributed by atoms with Crippen molar-refractivity contribution in [1.29, 1.82) is 0 Å². The molecule has 1 saturated heterocycles. The van der Waals surface area contributed by atoms with Gasteiger partial charge in [-0.25, -0.2) is 0 Å². The van der Waals surface area contributed by atoms with Gasteiger partial charge in [-0.1, -0.05) is 18.2 Å². The van der Waals surface area contributed by atoms with Gasteiger partial charge in [-0.2, -0.15) is 0 Å². The molecule has 0 spiro atoms. The minimum atomic E-state index is 0.373. The van der Waals surface area contributed by atoms with Gasteiger partial charge in [-0.15, -0.1) is 11.3 Å². The number of likely N-dealkylation sites (N-methyl/N-ethyl adjacent to an activating group) is 3. The number of benzene rings is 1. The first-order valence-electron chi connectivity index (χ1n) is 7.73. The maximum absolute atomic E-state index is 3.59. The molecule has 1 N–H and O–H groups in total. The summed E-state index contributed by atoms with van der Waals surface area (Å²) in [6.07, 6.45) is 1.25. The summed E-state index contributed by atoms with van der Waals surface area (Å²) in [4.78, 5) is 4.99. The summed E-state index contributed by atoms with van der Waals surface area (Å²) < 4.78 is 1.43. The van der Waals surface area contributed by atoms with Crippen molar-refractivity contribution >= 4 is 21.4 Å². The Morgan fingerprint density at radius 1 is 1.24 bits per heavy atom. The van der Waals surface area contributed by atoms with Gasteiger partial charge in [0.15, 0.2) is 0 Å². The SMILES string of the molecule is CNC(c1cccc2ccsc12)C1CN(C)CCCN1C. The number of fused-ring (bicyclic) bond motifs is 1. The van der Waals surface area contributed by atoms with Crippen molar-refractivity contribution in [1.82, 2.24) is 15.1 Å². The molecular formula is C17H25N3S. The maximum atomic E-state index is 3.59. The van der Waals surface area contributed by atoms with Crippen molar-refractivity contribution in [2.45, 2.75) is 18.5 Å². The van der Waals surface area contributed by atoms with Crippen LogP contribution in [0, 0.1) is 0 Å². The standard InChI is InChI=1S/C17H25N3S/c1-18-16(15-12-19(2)9-5-10-20(15)3)14-7-4-6-13-8-11-21-17(13)14/h4,6-8,11,15-16,18H,5,9-10,12H2,1-3H3. The van der Waals surface area contributed by atoms with Gasteiger partial charge in [0.1, 0.15) is 0 Å². The topological polar surface area (TPSA) is 18.5 Å². The third-order valence-corrected chi connectivity index (χ3v) is 5.64. The van der Waals surface area contributed by atoms with E-state index < -0.39 is 0 Å². The third-order valence-electron chi connectivity index (χ3n) is 4.66. The molecule has 2 atom stereocenters. The molecule has 0 saturated carbocycles. The summed E-state index contributed by atoms with van der Waals surface area (Å²) in [5, 5.41) is 7.15. The van der Waals surface area contributed by atoms with E-state index in [1.807, 2.05) is 11.3 Å². The lowest BCUT2D eigenvalue weighted by atomic mass is 9.97. The van der Waals surface area contributed by atoms with E-state index in [1.54, 1.807) is 0 Å². The Kier molecular flexibility index (Phi) is 4.60. The Labute approximate surface area is 131 Å². The summed E-state index contributed by atoms with van der Waals surface area (Å²) in [5.41, 5.74) is 1.44. The number of hydrogen-bond acceptors (Lipinski definition) is 4. The van der Waals surface area contributed by atoms with E-state index >= 15 is 0 Å². The molecule has 4 heteroatoms. The highest BCUT2D eigenvalue weighted by Gasteiger charge is 2.29. The Bertz CT molecular complexity index is 594. The Hall–Kier alpha value is -0.940.